The summed E-state index contributed by atoms with van der Waals surface area (Å²) in [5.74, 6) is 0. The number of nitrogens with one attached hydrogen (secondary N) is 2. The summed E-state index contributed by atoms with van der Waals surface area (Å²) in [6, 6.07) is 20.2. The van der Waals surface area contributed by atoms with E-state index in [1.54, 1.807) is 45.3 Å². The lowest BCUT2D eigenvalue weighted by molar-refractivity contribution is 1.41. The van der Waals surface area contributed by atoms with Crippen LogP contribution in [0.25, 0.3) is 9.40 Å². The number of aromatic nitrogens is 2. The quantitative estimate of drug-likeness (QED) is 0.236. The maximum atomic E-state index is 2.86. The van der Waals surface area contributed by atoms with E-state index in [2.05, 4.69) is 32.9 Å². The van der Waals surface area contributed by atoms with Crippen molar-refractivity contribution < 1.29 is 0 Å². The zero-order chi connectivity index (χ0) is 19.5. The van der Waals surface area contributed by atoms with E-state index in [0.717, 1.165) is 0 Å². The lowest BCUT2D eigenvalue weighted by Crippen LogP contribution is -1.38. The topological polar surface area (TPSA) is 31.6 Å². The minimum atomic E-state index is 1.41. The fraction of sp³-hybridized carbons (Fsp3) is 0. The van der Waals surface area contributed by atoms with Gasteiger partial charge in [0, 0.05) is 34.2 Å². The minimum absolute atomic E-state index is 1.41. The van der Waals surface area contributed by atoms with Crippen LogP contribution < -0.4 is 0 Å². The van der Waals surface area contributed by atoms with E-state index < -0.39 is 0 Å². The van der Waals surface area contributed by atoms with Crippen LogP contribution in [0.4, 0.5) is 0 Å². The zero-order valence-corrected chi connectivity index (χ0v) is 18.4. The van der Waals surface area contributed by atoms with Gasteiger partial charge < -0.3 is 9.97 Å². The van der Waals surface area contributed by atoms with Gasteiger partial charge in [-0.05, 0) is 68.7 Å². The van der Waals surface area contributed by atoms with Gasteiger partial charge in [-0.15, -0.1) is 22.7 Å². The van der Waals surface area contributed by atoms with Gasteiger partial charge in [0.25, 0.3) is 0 Å². The number of thiophene rings is 4. The summed E-state index contributed by atoms with van der Waals surface area (Å²) < 4.78 is 2.82. The Morgan fingerprint density at radius 2 is 0.786 bits per heavy atom. The lowest BCUT2D eigenvalue weighted by atomic mass is 10.5. The molecule has 2 N–H and O–H groups in total. The maximum absolute atomic E-state index is 2.86. The van der Waals surface area contributed by atoms with Gasteiger partial charge in [0.2, 0.25) is 0 Å². The highest BCUT2D eigenvalue weighted by Gasteiger charge is 1.90. The molecule has 0 amide bonds. The van der Waals surface area contributed by atoms with Crippen molar-refractivity contribution in [2.24, 2.45) is 0 Å². The first kappa shape index (κ1) is 21.9. The average molecular weight is 443 g/mol. The summed E-state index contributed by atoms with van der Waals surface area (Å²) in [5, 5.41) is 12.4. The molecule has 6 aromatic heterocycles. The molecule has 0 unspecified atom stereocenters. The Bertz CT molecular complexity index is 736. The van der Waals surface area contributed by atoms with E-state index in [0.29, 0.717) is 0 Å². The fourth-order valence-electron chi connectivity index (χ4n) is 1.71. The highest BCUT2D eigenvalue weighted by Crippen LogP contribution is 2.25. The molecule has 6 aromatic rings. The second-order valence-electron chi connectivity index (χ2n) is 4.93. The fourth-order valence-corrected chi connectivity index (χ4v) is 4.44. The summed E-state index contributed by atoms with van der Waals surface area (Å²) in [6.07, 6.45) is 7.50. The Morgan fingerprint density at radius 1 is 0.429 bits per heavy atom. The molecule has 6 rings (SSSR count). The molecule has 2 nitrogen and oxygen atoms in total. The van der Waals surface area contributed by atoms with Crippen LogP contribution in [-0.2, 0) is 0 Å². The van der Waals surface area contributed by atoms with E-state index in [9.17, 15) is 0 Å². The van der Waals surface area contributed by atoms with Crippen LogP contribution in [0.1, 0.15) is 0 Å². The minimum Gasteiger partial charge on any atom is -0.368 e. The Morgan fingerprint density at radius 3 is 1.00 bits per heavy atom. The highest BCUT2D eigenvalue weighted by atomic mass is 32.1. The summed E-state index contributed by atoms with van der Waals surface area (Å²) in [6.45, 7) is 0. The monoisotopic (exact) mass is 442 g/mol. The third-order valence-electron chi connectivity index (χ3n) is 2.91. The van der Waals surface area contributed by atoms with Gasteiger partial charge in [0.1, 0.15) is 0 Å². The van der Waals surface area contributed by atoms with Crippen molar-refractivity contribution in [1.29, 1.82) is 0 Å². The summed E-state index contributed by atoms with van der Waals surface area (Å²) >= 11 is 7.03. The van der Waals surface area contributed by atoms with Crippen molar-refractivity contribution in [3.05, 3.63) is 118 Å². The van der Waals surface area contributed by atoms with Crippen molar-refractivity contribution in [2.75, 3.05) is 0 Å². The predicted molar refractivity (Wildman–Crippen MR) is 130 cm³/mol. The zero-order valence-electron chi connectivity index (χ0n) is 15.2. The number of aromatic amines is 2. The molecule has 28 heavy (non-hydrogen) atoms. The van der Waals surface area contributed by atoms with E-state index in [1.165, 1.54) is 9.40 Å². The van der Waals surface area contributed by atoms with Gasteiger partial charge in [-0.1, -0.05) is 24.3 Å². The smallest absolute Gasteiger partial charge is 0.0450 e. The van der Waals surface area contributed by atoms with Crippen molar-refractivity contribution in [3.63, 3.8) is 0 Å². The van der Waals surface area contributed by atoms with Crippen LogP contribution in [0.15, 0.2) is 118 Å². The SMILES string of the molecule is c1cc2sccc2s1.c1cc[nH]c1.c1cc[nH]c1.c1ccsc1.c1ccsc1. The van der Waals surface area contributed by atoms with Crippen LogP contribution >= 0.6 is 45.3 Å². The molecule has 6 heteroatoms. The molecule has 0 radical (unpaired) electrons. The van der Waals surface area contributed by atoms with Crippen molar-refractivity contribution in [2.45, 2.75) is 0 Å². The van der Waals surface area contributed by atoms with E-state index in [-0.39, 0.29) is 0 Å². The number of rotatable bonds is 0. The average Bonchev–Trinajstić information content (AvgIpc) is 3.62. The Kier molecular flexibility index (Phi) is 12.3. The van der Waals surface area contributed by atoms with Crippen LogP contribution in [-0.4, -0.2) is 9.97 Å². The van der Waals surface area contributed by atoms with Crippen LogP contribution in [0, 0.1) is 0 Å². The van der Waals surface area contributed by atoms with Gasteiger partial charge in [-0.3, -0.25) is 0 Å². The molecule has 0 aliphatic rings. The normalized spacial score (nSPS) is 8.71. The third kappa shape index (κ3) is 10.7. The van der Waals surface area contributed by atoms with Crippen LogP contribution in [0.2, 0.25) is 0 Å². The summed E-state index contributed by atoms with van der Waals surface area (Å²) in [7, 11) is 0. The molecule has 0 bridgehead atoms. The summed E-state index contributed by atoms with van der Waals surface area (Å²) in [5.41, 5.74) is 0. The molecule has 144 valence electrons. The predicted octanol–water partition coefficient (Wildman–Crippen LogP) is 8.49. The molecule has 0 atom stereocenters. The molecule has 0 spiro atoms. The number of hydrogen-bond donors (Lipinski definition) is 2. The number of fused-ring (bicyclic) bond motifs is 1. The van der Waals surface area contributed by atoms with Gasteiger partial charge in [-0.2, -0.15) is 22.7 Å². The van der Waals surface area contributed by atoms with E-state index in [4.69, 9.17) is 0 Å². The molecule has 0 aliphatic heterocycles. The molecular weight excluding hydrogens is 421 g/mol. The largest absolute Gasteiger partial charge is 0.368 e. The first-order chi connectivity index (χ1) is 14.0. The van der Waals surface area contributed by atoms with Crippen LogP contribution in [0.5, 0.6) is 0 Å². The molecule has 0 aromatic carbocycles. The van der Waals surface area contributed by atoms with Crippen molar-refractivity contribution >= 4 is 54.7 Å². The Balaban J connectivity index is 0.000000128. The van der Waals surface area contributed by atoms with Gasteiger partial charge in [0.15, 0.2) is 0 Å². The summed E-state index contributed by atoms with van der Waals surface area (Å²) in [4.78, 5) is 5.72. The molecule has 0 aliphatic carbocycles. The van der Waals surface area contributed by atoms with Gasteiger partial charge in [0.05, 0.1) is 0 Å². The third-order valence-corrected chi connectivity index (χ3v) is 6.06. The molecular formula is C22H22N2S4. The first-order valence-electron chi connectivity index (χ1n) is 8.47. The molecule has 0 fully saturated rings. The standard InChI is InChI=1S/C6H4S2.2C4H5N.2C4H4S/c1-3-7-6-2-4-8-5(1)6;4*1-2-4-5-3-1/h1-4H;2*1-5H;2*1-4H. The first-order valence-corrected chi connectivity index (χ1v) is 12.1. The van der Waals surface area contributed by atoms with Gasteiger partial charge >= 0.3 is 0 Å². The van der Waals surface area contributed by atoms with Crippen molar-refractivity contribution in [1.82, 2.24) is 9.97 Å². The lowest BCUT2D eigenvalue weighted by Gasteiger charge is -1.63. The molecule has 0 saturated carbocycles. The van der Waals surface area contributed by atoms with Crippen LogP contribution in [0.3, 0.4) is 0 Å². The maximum Gasteiger partial charge on any atom is 0.0450 e. The number of hydrogen-bond acceptors (Lipinski definition) is 4. The van der Waals surface area contributed by atoms with Gasteiger partial charge in [-0.25, -0.2) is 0 Å². The number of H-pyrrole nitrogens is 2. The highest BCUT2D eigenvalue weighted by molar-refractivity contribution is 7.25. The second kappa shape index (κ2) is 15.7. The van der Waals surface area contributed by atoms with Crippen molar-refractivity contribution in [3.8, 4) is 0 Å². The van der Waals surface area contributed by atoms with E-state index >= 15 is 0 Å². The Labute approximate surface area is 181 Å². The second-order valence-corrected chi connectivity index (χ2v) is 8.45. The Hall–Kier alpha value is -2.38. The van der Waals surface area contributed by atoms with E-state index in [1.807, 2.05) is 94.8 Å². The molecule has 0 saturated heterocycles. The molecule has 6 heterocycles.